The lowest BCUT2D eigenvalue weighted by Gasteiger charge is -2.45. The highest BCUT2D eigenvalue weighted by Gasteiger charge is 2.40. The van der Waals surface area contributed by atoms with E-state index < -0.39 is 0 Å². The van der Waals surface area contributed by atoms with E-state index in [1.54, 1.807) is 0 Å². The Labute approximate surface area is 141 Å². The predicted molar refractivity (Wildman–Crippen MR) is 91.1 cm³/mol. The van der Waals surface area contributed by atoms with E-state index in [0.29, 0.717) is 24.4 Å². The first kappa shape index (κ1) is 16.5. The standard InChI is InChI=1S/C17H25N3O2S/c1-10(21)19-9-14-5-6-15(23-14)17(22)20-16-11-3-2-4-12(16)8-13(18)7-11/h5-6,11-13,16H,2-4,7-9,18H2,1H3,(H,19,21)(H,20,22). The average Bonchev–Trinajstić information content (AvgIpc) is 2.95. The molecule has 2 amide bonds. The van der Waals surface area contributed by atoms with E-state index in [1.165, 1.54) is 37.5 Å². The van der Waals surface area contributed by atoms with Crippen molar-refractivity contribution in [3.63, 3.8) is 0 Å². The number of nitrogens with one attached hydrogen (secondary N) is 2. The molecule has 1 heterocycles. The highest BCUT2D eigenvalue weighted by molar-refractivity contribution is 7.14. The Morgan fingerprint density at radius 3 is 2.61 bits per heavy atom. The van der Waals surface area contributed by atoms with Gasteiger partial charge in [0.15, 0.2) is 0 Å². The van der Waals surface area contributed by atoms with Crippen molar-refractivity contribution >= 4 is 23.2 Å². The first-order valence-electron chi connectivity index (χ1n) is 8.42. The van der Waals surface area contributed by atoms with Gasteiger partial charge in [0.2, 0.25) is 5.91 Å². The normalized spacial score (nSPS) is 29.8. The van der Waals surface area contributed by atoms with E-state index in [-0.39, 0.29) is 17.9 Å². The molecule has 1 aromatic rings. The maximum absolute atomic E-state index is 12.6. The lowest BCUT2D eigenvalue weighted by molar-refractivity contribution is -0.119. The van der Waals surface area contributed by atoms with Gasteiger partial charge < -0.3 is 16.4 Å². The van der Waals surface area contributed by atoms with Crippen LogP contribution in [0, 0.1) is 11.8 Å². The van der Waals surface area contributed by atoms with E-state index in [1.807, 2.05) is 12.1 Å². The van der Waals surface area contributed by atoms with Gasteiger partial charge in [0, 0.05) is 23.9 Å². The molecule has 4 N–H and O–H groups in total. The van der Waals surface area contributed by atoms with E-state index in [2.05, 4.69) is 10.6 Å². The van der Waals surface area contributed by atoms with Gasteiger partial charge in [-0.2, -0.15) is 0 Å². The van der Waals surface area contributed by atoms with Gasteiger partial charge in [-0.15, -0.1) is 11.3 Å². The molecule has 0 spiro atoms. The van der Waals surface area contributed by atoms with Crippen LogP contribution in [0.3, 0.4) is 0 Å². The molecule has 2 unspecified atom stereocenters. The Balaban J connectivity index is 1.61. The summed E-state index contributed by atoms with van der Waals surface area (Å²) in [6, 6.07) is 4.33. The fraction of sp³-hybridized carbons (Fsp3) is 0.647. The molecule has 2 saturated carbocycles. The number of rotatable bonds is 4. The van der Waals surface area contributed by atoms with E-state index in [9.17, 15) is 9.59 Å². The van der Waals surface area contributed by atoms with Gasteiger partial charge in [-0.05, 0) is 49.7 Å². The molecule has 6 heteroatoms. The molecule has 23 heavy (non-hydrogen) atoms. The zero-order valence-electron chi connectivity index (χ0n) is 13.5. The number of carbonyl (C=O) groups is 2. The summed E-state index contributed by atoms with van der Waals surface area (Å²) in [7, 11) is 0. The lowest BCUT2D eigenvalue weighted by Crippen LogP contribution is -2.53. The Hall–Kier alpha value is -1.40. The summed E-state index contributed by atoms with van der Waals surface area (Å²) in [4.78, 5) is 25.2. The maximum Gasteiger partial charge on any atom is 0.261 e. The molecule has 0 aliphatic heterocycles. The number of hydrogen-bond donors (Lipinski definition) is 3. The second kappa shape index (κ2) is 7.01. The van der Waals surface area contributed by atoms with Gasteiger partial charge in [0.25, 0.3) is 5.91 Å². The van der Waals surface area contributed by atoms with E-state index in [4.69, 9.17) is 5.73 Å². The van der Waals surface area contributed by atoms with E-state index in [0.717, 1.165) is 22.6 Å². The molecular weight excluding hydrogens is 310 g/mol. The van der Waals surface area contributed by atoms with Crippen molar-refractivity contribution in [2.45, 2.75) is 57.7 Å². The van der Waals surface area contributed by atoms with Crippen molar-refractivity contribution in [3.05, 3.63) is 21.9 Å². The highest BCUT2D eigenvalue weighted by Crippen LogP contribution is 2.39. The molecular formula is C17H25N3O2S. The zero-order valence-corrected chi connectivity index (χ0v) is 14.3. The quantitative estimate of drug-likeness (QED) is 0.787. The molecule has 5 nitrogen and oxygen atoms in total. The van der Waals surface area contributed by atoms with Gasteiger partial charge in [-0.1, -0.05) is 6.42 Å². The zero-order chi connectivity index (χ0) is 16.4. The van der Waals surface area contributed by atoms with Gasteiger partial charge in [0.1, 0.15) is 0 Å². The summed E-state index contributed by atoms with van der Waals surface area (Å²) in [5, 5.41) is 6.02. The van der Waals surface area contributed by atoms with Crippen molar-refractivity contribution in [1.29, 1.82) is 0 Å². The lowest BCUT2D eigenvalue weighted by atomic mass is 9.67. The third-order valence-electron chi connectivity index (χ3n) is 5.07. The summed E-state index contributed by atoms with van der Waals surface area (Å²) >= 11 is 1.45. The van der Waals surface area contributed by atoms with Crippen LogP contribution in [0.5, 0.6) is 0 Å². The van der Waals surface area contributed by atoms with Crippen molar-refractivity contribution in [2.75, 3.05) is 0 Å². The minimum atomic E-state index is -0.0595. The topological polar surface area (TPSA) is 84.2 Å². The van der Waals surface area contributed by atoms with Gasteiger partial charge in [0.05, 0.1) is 11.4 Å². The van der Waals surface area contributed by atoms with Gasteiger partial charge in [-0.25, -0.2) is 0 Å². The third-order valence-corrected chi connectivity index (χ3v) is 6.16. The summed E-state index contributed by atoms with van der Waals surface area (Å²) in [6.45, 7) is 1.98. The second-order valence-electron chi connectivity index (χ2n) is 6.86. The van der Waals surface area contributed by atoms with Crippen LogP contribution in [0.25, 0.3) is 0 Å². The van der Waals surface area contributed by atoms with Crippen LogP contribution < -0.4 is 16.4 Å². The van der Waals surface area contributed by atoms with Crippen molar-refractivity contribution in [1.82, 2.24) is 10.6 Å². The molecule has 2 bridgehead atoms. The molecule has 1 aromatic heterocycles. The van der Waals surface area contributed by atoms with Crippen LogP contribution in [0.1, 0.15) is 53.6 Å². The van der Waals surface area contributed by atoms with Crippen LogP contribution in [-0.2, 0) is 11.3 Å². The Bertz CT molecular complexity index is 572. The number of fused-ring (bicyclic) bond motifs is 2. The number of carbonyl (C=O) groups excluding carboxylic acids is 2. The van der Waals surface area contributed by atoms with Crippen LogP contribution >= 0.6 is 11.3 Å². The fourth-order valence-electron chi connectivity index (χ4n) is 4.05. The average molecular weight is 335 g/mol. The molecule has 0 radical (unpaired) electrons. The highest BCUT2D eigenvalue weighted by atomic mass is 32.1. The molecule has 3 rings (SSSR count). The summed E-state index contributed by atoms with van der Waals surface area (Å²) in [5.74, 6) is 1.01. The molecule has 126 valence electrons. The Kier molecular flexibility index (Phi) is 5.02. The molecule has 0 aromatic carbocycles. The third kappa shape index (κ3) is 3.93. The first-order valence-corrected chi connectivity index (χ1v) is 9.24. The van der Waals surface area contributed by atoms with Crippen molar-refractivity contribution < 1.29 is 9.59 Å². The number of nitrogens with two attached hydrogens (primary N) is 1. The minimum absolute atomic E-state index is 0.0152. The fourth-order valence-corrected chi connectivity index (χ4v) is 4.90. The molecule has 2 aliphatic rings. The number of hydrogen-bond acceptors (Lipinski definition) is 4. The van der Waals surface area contributed by atoms with E-state index >= 15 is 0 Å². The number of thiophene rings is 1. The Morgan fingerprint density at radius 1 is 1.26 bits per heavy atom. The monoisotopic (exact) mass is 335 g/mol. The SMILES string of the molecule is CC(=O)NCc1ccc(C(=O)NC2C3CCCC2CC(N)C3)s1. The predicted octanol–water partition coefficient (Wildman–Crippen LogP) is 2.02. The van der Waals surface area contributed by atoms with Crippen molar-refractivity contribution in [2.24, 2.45) is 17.6 Å². The largest absolute Gasteiger partial charge is 0.351 e. The maximum atomic E-state index is 12.6. The minimum Gasteiger partial charge on any atom is -0.351 e. The first-order chi connectivity index (χ1) is 11.0. The second-order valence-corrected chi connectivity index (χ2v) is 8.03. The van der Waals surface area contributed by atoms with Crippen molar-refractivity contribution in [3.8, 4) is 0 Å². The van der Waals surface area contributed by atoms with Crippen LogP contribution in [0.4, 0.5) is 0 Å². The summed E-state index contributed by atoms with van der Waals surface area (Å²) in [5.41, 5.74) is 6.15. The van der Waals surface area contributed by atoms with Gasteiger partial charge >= 0.3 is 0 Å². The Morgan fingerprint density at radius 2 is 1.96 bits per heavy atom. The summed E-state index contributed by atoms with van der Waals surface area (Å²) in [6.07, 6.45) is 5.66. The molecule has 0 saturated heterocycles. The van der Waals surface area contributed by atoms with Crippen LogP contribution in [0.2, 0.25) is 0 Å². The smallest absolute Gasteiger partial charge is 0.261 e. The van der Waals surface area contributed by atoms with Crippen LogP contribution in [0.15, 0.2) is 12.1 Å². The number of amides is 2. The van der Waals surface area contributed by atoms with Gasteiger partial charge in [-0.3, -0.25) is 9.59 Å². The van der Waals surface area contributed by atoms with Crippen LogP contribution in [-0.4, -0.2) is 23.9 Å². The molecule has 2 aliphatic carbocycles. The molecule has 2 atom stereocenters. The molecule has 2 fully saturated rings. The summed E-state index contributed by atoms with van der Waals surface area (Å²) < 4.78 is 0.